The van der Waals surface area contributed by atoms with Crippen molar-refractivity contribution >= 4 is 28.0 Å². The van der Waals surface area contributed by atoms with Gasteiger partial charge >= 0.3 is 0 Å². The lowest BCUT2D eigenvalue weighted by Gasteiger charge is -2.21. The molecule has 0 saturated heterocycles. The van der Waals surface area contributed by atoms with Crippen LogP contribution in [0.4, 0.5) is 0 Å². The Balaban J connectivity index is 1.65. The summed E-state index contributed by atoms with van der Waals surface area (Å²) in [5, 5.41) is 4.23. The molecule has 0 N–H and O–H groups in total. The van der Waals surface area contributed by atoms with E-state index in [1.54, 1.807) is 17.6 Å². The van der Waals surface area contributed by atoms with Crippen LogP contribution in [-0.4, -0.2) is 10.8 Å². The number of hydrogen-bond donors (Lipinski definition) is 0. The van der Waals surface area contributed by atoms with Gasteiger partial charge in [-0.2, -0.15) is 0 Å². The van der Waals surface area contributed by atoms with Crippen LogP contribution < -0.4 is 0 Å². The van der Waals surface area contributed by atoms with Crippen LogP contribution in [0.5, 0.6) is 0 Å². The van der Waals surface area contributed by atoms with Crippen LogP contribution >= 0.6 is 11.3 Å². The normalized spacial score (nSPS) is 10.9. The van der Waals surface area contributed by atoms with Gasteiger partial charge in [0.2, 0.25) is 0 Å². The van der Waals surface area contributed by atoms with Crippen LogP contribution in [0.25, 0.3) is 10.8 Å². The summed E-state index contributed by atoms with van der Waals surface area (Å²) in [6, 6.07) is 21.7. The molecule has 0 saturated carbocycles. The minimum absolute atomic E-state index is 0.00977. The number of nitrogens with zero attached hydrogens (tertiary/aromatic N) is 1. The molecular formula is C21H17NO2S. The fourth-order valence-electron chi connectivity index (χ4n) is 2.89. The summed E-state index contributed by atoms with van der Waals surface area (Å²) in [6.07, 6.45) is 1.64. The number of rotatable bonds is 5. The van der Waals surface area contributed by atoms with Crippen molar-refractivity contribution in [1.82, 2.24) is 4.90 Å². The van der Waals surface area contributed by atoms with E-state index >= 15 is 0 Å². The molecule has 4 heteroatoms. The smallest absolute Gasteiger partial charge is 0.254 e. The lowest BCUT2D eigenvalue weighted by atomic mass is 10.1. The first-order valence-electron chi connectivity index (χ1n) is 8.12. The topological polar surface area (TPSA) is 33.5 Å². The number of thiophene rings is 1. The summed E-state index contributed by atoms with van der Waals surface area (Å²) >= 11 is 1.65. The minimum atomic E-state index is 0.00977. The average Bonchev–Trinajstić information content (AvgIpc) is 3.34. The third-order valence-electron chi connectivity index (χ3n) is 4.14. The van der Waals surface area contributed by atoms with Crippen LogP contribution in [0.2, 0.25) is 0 Å². The molecule has 0 fully saturated rings. The van der Waals surface area contributed by atoms with Gasteiger partial charge in [-0.05, 0) is 46.5 Å². The Hall–Kier alpha value is -2.85. The van der Waals surface area contributed by atoms with Gasteiger partial charge in [-0.3, -0.25) is 4.79 Å². The SMILES string of the molecule is O=C(c1ccc2ccccc2c1)N(Cc1ccco1)Cc1cccs1. The molecule has 0 radical (unpaired) electrons. The molecule has 0 aliphatic carbocycles. The number of carbonyl (C=O) groups excluding carboxylic acids is 1. The van der Waals surface area contributed by atoms with E-state index in [0.717, 1.165) is 21.4 Å². The maximum absolute atomic E-state index is 13.1. The highest BCUT2D eigenvalue weighted by molar-refractivity contribution is 7.09. The summed E-state index contributed by atoms with van der Waals surface area (Å²) in [5.41, 5.74) is 0.696. The zero-order valence-corrected chi connectivity index (χ0v) is 14.4. The highest BCUT2D eigenvalue weighted by Crippen LogP contribution is 2.20. The summed E-state index contributed by atoms with van der Waals surface area (Å²) in [4.78, 5) is 16.1. The van der Waals surface area contributed by atoms with E-state index < -0.39 is 0 Å². The fourth-order valence-corrected chi connectivity index (χ4v) is 3.61. The largest absolute Gasteiger partial charge is 0.467 e. The number of benzene rings is 2. The molecule has 0 bridgehead atoms. The summed E-state index contributed by atoms with van der Waals surface area (Å²) in [5.74, 6) is 0.793. The Morgan fingerprint density at radius 1 is 0.920 bits per heavy atom. The van der Waals surface area contributed by atoms with Crippen molar-refractivity contribution in [3.8, 4) is 0 Å². The van der Waals surface area contributed by atoms with Crippen molar-refractivity contribution in [2.75, 3.05) is 0 Å². The van der Waals surface area contributed by atoms with Gasteiger partial charge in [-0.15, -0.1) is 11.3 Å². The second-order valence-corrected chi connectivity index (χ2v) is 6.91. The fraction of sp³-hybridized carbons (Fsp3) is 0.0952. The van der Waals surface area contributed by atoms with Gasteiger partial charge in [0, 0.05) is 10.4 Å². The maximum Gasteiger partial charge on any atom is 0.254 e. The quantitative estimate of drug-likeness (QED) is 0.488. The van der Waals surface area contributed by atoms with E-state index in [9.17, 15) is 4.79 Å². The molecule has 0 aliphatic heterocycles. The van der Waals surface area contributed by atoms with Crippen LogP contribution in [0, 0.1) is 0 Å². The van der Waals surface area contributed by atoms with Crippen LogP contribution in [0.3, 0.4) is 0 Å². The van der Waals surface area contributed by atoms with Crippen molar-refractivity contribution < 1.29 is 9.21 Å². The zero-order chi connectivity index (χ0) is 17.1. The number of hydrogen-bond acceptors (Lipinski definition) is 3. The first-order chi connectivity index (χ1) is 12.3. The van der Waals surface area contributed by atoms with Crippen molar-refractivity contribution in [2.24, 2.45) is 0 Å². The summed E-state index contributed by atoms with van der Waals surface area (Å²) in [7, 11) is 0. The predicted octanol–water partition coefficient (Wildman–Crippen LogP) is 5.34. The molecule has 2 heterocycles. The highest BCUT2D eigenvalue weighted by atomic mass is 32.1. The monoisotopic (exact) mass is 347 g/mol. The number of amides is 1. The molecule has 0 atom stereocenters. The minimum Gasteiger partial charge on any atom is -0.467 e. The van der Waals surface area contributed by atoms with E-state index in [-0.39, 0.29) is 5.91 Å². The molecule has 124 valence electrons. The van der Waals surface area contributed by atoms with E-state index in [0.29, 0.717) is 18.7 Å². The van der Waals surface area contributed by atoms with Crippen LogP contribution in [0.15, 0.2) is 82.8 Å². The first-order valence-corrected chi connectivity index (χ1v) is 9.00. The maximum atomic E-state index is 13.1. The van der Waals surface area contributed by atoms with Gasteiger partial charge in [0.1, 0.15) is 5.76 Å². The molecule has 4 rings (SSSR count). The Morgan fingerprint density at radius 3 is 2.56 bits per heavy atom. The van der Waals surface area contributed by atoms with Crippen LogP contribution in [0.1, 0.15) is 21.0 Å². The van der Waals surface area contributed by atoms with E-state index in [1.165, 1.54) is 0 Å². The lowest BCUT2D eigenvalue weighted by molar-refractivity contribution is 0.0719. The van der Waals surface area contributed by atoms with Crippen LogP contribution in [-0.2, 0) is 13.1 Å². The van der Waals surface area contributed by atoms with E-state index in [2.05, 4.69) is 6.07 Å². The molecule has 0 unspecified atom stereocenters. The van der Waals surface area contributed by atoms with Crippen molar-refractivity contribution in [2.45, 2.75) is 13.1 Å². The Morgan fingerprint density at radius 2 is 1.80 bits per heavy atom. The van der Waals surface area contributed by atoms with E-state index in [4.69, 9.17) is 4.42 Å². The molecule has 3 nitrogen and oxygen atoms in total. The average molecular weight is 347 g/mol. The Bertz CT molecular complexity index is 938. The highest BCUT2D eigenvalue weighted by Gasteiger charge is 2.18. The third-order valence-corrected chi connectivity index (χ3v) is 5.00. The van der Waals surface area contributed by atoms with Gasteiger partial charge in [0.25, 0.3) is 5.91 Å². The zero-order valence-electron chi connectivity index (χ0n) is 13.6. The number of furan rings is 1. The van der Waals surface area contributed by atoms with Gasteiger partial charge < -0.3 is 9.32 Å². The van der Waals surface area contributed by atoms with Gasteiger partial charge in [0.15, 0.2) is 0 Å². The van der Waals surface area contributed by atoms with Crippen molar-refractivity contribution in [3.63, 3.8) is 0 Å². The standard InChI is InChI=1S/C21H17NO2S/c23-21(18-10-9-16-5-1-2-6-17(16)13-18)22(14-19-7-3-11-24-19)15-20-8-4-12-25-20/h1-13H,14-15H2. The number of fused-ring (bicyclic) bond motifs is 1. The van der Waals surface area contributed by atoms with Crippen molar-refractivity contribution in [3.05, 3.63) is 94.6 Å². The summed E-state index contributed by atoms with van der Waals surface area (Å²) < 4.78 is 5.45. The summed E-state index contributed by atoms with van der Waals surface area (Å²) in [6.45, 7) is 1.03. The molecule has 25 heavy (non-hydrogen) atoms. The molecule has 0 aliphatic rings. The second kappa shape index (κ2) is 6.95. The van der Waals surface area contributed by atoms with Crippen molar-refractivity contribution in [1.29, 1.82) is 0 Å². The molecule has 2 aromatic heterocycles. The lowest BCUT2D eigenvalue weighted by Crippen LogP contribution is -2.29. The molecular weight excluding hydrogens is 330 g/mol. The number of carbonyl (C=O) groups is 1. The predicted molar refractivity (Wildman–Crippen MR) is 101 cm³/mol. The van der Waals surface area contributed by atoms with Gasteiger partial charge in [0.05, 0.1) is 19.4 Å². The Labute approximate surface area is 150 Å². The molecule has 2 aromatic carbocycles. The third kappa shape index (κ3) is 3.49. The Kier molecular flexibility index (Phi) is 4.36. The first kappa shape index (κ1) is 15.7. The second-order valence-electron chi connectivity index (χ2n) is 5.88. The molecule has 0 spiro atoms. The molecule has 1 amide bonds. The van der Waals surface area contributed by atoms with Gasteiger partial charge in [-0.25, -0.2) is 0 Å². The van der Waals surface area contributed by atoms with E-state index in [1.807, 2.05) is 70.9 Å². The molecule has 4 aromatic rings. The van der Waals surface area contributed by atoms with Gasteiger partial charge in [-0.1, -0.05) is 36.4 Å².